The van der Waals surface area contributed by atoms with Gasteiger partial charge in [-0.3, -0.25) is 24.0 Å². The van der Waals surface area contributed by atoms with Gasteiger partial charge in [-0.2, -0.15) is 18.2 Å². The number of aromatic amines is 2. The average Bonchev–Trinajstić information content (AvgIpc) is 0.787. The maximum Gasteiger partial charge on any atom is 0.446 e. The third-order valence-electron chi connectivity index (χ3n) is 16.2. The van der Waals surface area contributed by atoms with Crippen LogP contribution in [0, 0.1) is 0 Å². The molecule has 31 heteroatoms. The van der Waals surface area contributed by atoms with Crippen molar-refractivity contribution in [1.82, 2.24) is 35.2 Å². The molecule has 3 aliphatic rings. The van der Waals surface area contributed by atoms with E-state index in [1.807, 2.05) is 80.5 Å². The Balaban J connectivity index is 0.000000320. The van der Waals surface area contributed by atoms with Crippen LogP contribution >= 0.6 is 69.6 Å². The molecule has 10 rings (SSSR count). The number of rotatable bonds is 14. The van der Waals surface area contributed by atoms with Crippen LogP contribution in [0.25, 0.3) is 33.8 Å². The van der Waals surface area contributed by atoms with E-state index in [1.54, 1.807) is 68.6 Å². The number of Topliss-reactive ketones (excluding diaryl/α,β-unsaturated/α-hetero) is 2. The molecule has 0 saturated carbocycles. The number of alkyl carbamates (subject to hydrolysis) is 1. The number of carbonyl (C=O) groups is 4. The van der Waals surface area contributed by atoms with Crippen LogP contribution in [0.15, 0.2) is 88.5 Å². The number of hydrogen-bond acceptors (Lipinski definition) is 19. The summed E-state index contributed by atoms with van der Waals surface area (Å²) in [6.45, 7) is 20.3. The monoisotopic (exact) mass is 1550 g/mol. The summed E-state index contributed by atoms with van der Waals surface area (Å²) >= 11 is 37.4. The maximum atomic E-state index is 12.9. The first-order chi connectivity index (χ1) is 47.8. The average molecular weight is 1560 g/mol. The number of aromatic nitrogens is 6. The van der Waals surface area contributed by atoms with Crippen LogP contribution in [0.3, 0.4) is 0 Å². The third-order valence-corrected chi connectivity index (χ3v) is 18.7. The van der Waals surface area contributed by atoms with Crippen molar-refractivity contribution in [3.05, 3.63) is 152 Å². The van der Waals surface area contributed by atoms with Gasteiger partial charge in [-0.15, -0.1) is 0 Å². The summed E-state index contributed by atoms with van der Waals surface area (Å²) in [6, 6.07) is 22.6. The Morgan fingerprint density at radius 1 is 0.650 bits per heavy atom. The normalized spacial score (nSPS) is 15.1. The molecule has 0 unspecified atom stereocenters. The second kappa shape index (κ2) is 37.9. The van der Waals surface area contributed by atoms with Gasteiger partial charge in [0, 0.05) is 87.8 Å². The Kier molecular flexibility index (Phi) is 31.7. The Morgan fingerprint density at radius 2 is 1.05 bits per heavy atom. The number of methoxy groups -OCH3 is 1. The molecule has 8 N–H and O–H groups in total. The molecule has 103 heavy (non-hydrogen) atoms. The molecule has 22 nitrogen and oxygen atoms in total. The van der Waals surface area contributed by atoms with E-state index in [0.717, 1.165) is 37.0 Å². The van der Waals surface area contributed by atoms with Gasteiger partial charge in [0.15, 0.2) is 17.4 Å². The summed E-state index contributed by atoms with van der Waals surface area (Å²) in [5.41, 5.74) is 13.5. The van der Waals surface area contributed by atoms with Crippen LogP contribution in [0.5, 0.6) is 11.6 Å². The van der Waals surface area contributed by atoms with Gasteiger partial charge < -0.3 is 60.8 Å². The van der Waals surface area contributed by atoms with E-state index in [9.17, 15) is 42.3 Å². The van der Waals surface area contributed by atoms with Crippen molar-refractivity contribution >= 4 is 111 Å². The van der Waals surface area contributed by atoms with E-state index in [4.69, 9.17) is 111 Å². The summed E-state index contributed by atoms with van der Waals surface area (Å²) in [5.74, 6) is 1.83. The number of amides is 1. The van der Waals surface area contributed by atoms with Gasteiger partial charge in [0.2, 0.25) is 12.2 Å². The van der Waals surface area contributed by atoms with E-state index in [-0.39, 0.29) is 100.0 Å². The van der Waals surface area contributed by atoms with Crippen molar-refractivity contribution < 1.29 is 53.0 Å². The van der Waals surface area contributed by atoms with Crippen molar-refractivity contribution in [2.24, 2.45) is 11.5 Å². The predicted octanol–water partition coefficient (Wildman–Crippen LogP) is 16.0. The molecule has 0 aliphatic carbocycles. The van der Waals surface area contributed by atoms with E-state index in [2.05, 4.69) is 25.3 Å². The fourth-order valence-corrected chi connectivity index (χ4v) is 11.7. The van der Waals surface area contributed by atoms with E-state index in [0.29, 0.717) is 120 Å². The van der Waals surface area contributed by atoms with Crippen LogP contribution in [0.2, 0.25) is 30.1 Å². The fourth-order valence-electron chi connectivity index (χ4n) is 10.6. The lowest BCUT2D eigenvalue weighted by molar-refractivity contribution is -0.156. The van der Waals surface area contributed by atoms with Crippen LogP contribution in [0.4, 0.5) is 35.4 Å². The number of H-pyrrole nitrogens is 2. The largest absolute Gasteiger partial charge is 0.497 e. The highest BCUT2D eigenvalue weighted by Gasteiger charge is 2.37. The fraction of sp³-hybridized carbons (Fsp3) is 0.444. The molecule has 6 heterocycles. The van der Waals surface area contributed by atoms with Crippen LogP contribution < -0.4 is 52.1 Å². The summed E-state index contributed by atoms with van der Waals surface area (Å²) < 4.78 is 54.4. The minimum Gasteiger partial charge on any atom is -0.497 e. The molecule has 3 saturated heterocycles. The number of ketones is 2. The zero-order valence-electron chi connectivity index (χ0n) is 58.5. The van der Waals surface area contributed by atoms with Crippen molar-refractivity contribution in [3.8, 4) is 45.4 Å². The Morgan fingerprint density at radius 3 is 1.46 bits per heavy atom. The number of alkyl halides is 3. The van der Waals surface area contributed by atoms with Gasteiger partial charge >= 0.3 is 12.3 Å². The molecular weight excluding hydrogens is 1460 g/mol. The molecule has 562 valence electrons. The second-order valence-electron chi connectivity index (χ2n) is 25.7. The van der Waals surface area contributed by atoms with E-state index in [1.165, 1.54) is 13.8 Å². The Bertz CT molecular complexity index is 4210. The first kappa shape index (κ1) is 86.1. The van der Waals surface area contributed by atoms with Gasteiger partial charge in [-0.05, 0) is 116 Å². The first-order valence-corrected chi connectivity index (χ1v) is 34.1. The molecule has 0 atom stereocenters. The lowest BCUT2D eigenvalue weighted by atomic mass is 9.89. The van der Waals surface area contributed by atoms with Crippen molar-refractivity contribution in [2.45, 2.75) is 164 Å². The molecule has 0 spiro atoms. The van der Waals surface area contributed by atoms with E-state index < -0.39 is 35.3 Å². The number of aldehydes is 1. The number of halogens is 9. The van der Waals surface area contributed by atoms with Gasteiger partial charge in [-0.1, -0.05) is 147 Å². The summed E-state index contributed by atoms with van der Waals surface area (Å²) in [5, 5.41) is 14.5. The number of piperidine rings is 3. The van der Waals surface area contributed by atoms with Gasteiger partial charge in [-0.25, -0.2) is 19.7 Å². The molecule has 3 aliphatic heterocycles. The predicted molar refractivity (Wildman–Crippen MR) is 406 cm³/mol. The quantitative estimate of drug-likeness (QED) is 0.0435. The Hall–Kier alpha value is -7.59. The lowest BCUT2D eigenvalue weighted by Crippen LogP contribution is -2.54. The molecule has 0 bridgehead atoms. The number of anilines is 3. The highest BCUT2D eigenvalue weighted by molar-refractivity contribution is 6.45. The second-order valence-corrected chi connectivity index (χ2v) is 28.1. The first-order valence-electron chi connectivity index (χ1n) is 32.6. The van der Waals surface area contributed by atoms with Gasteiger partial charge in [0.25, 0.3) is 11.1 Å². The number of nitrogens with two attached hydrogens (primary N) is 2. The number of nitrogens with one attached hydrogen (secondary N) is 3. The van der Waals surface area contributed by atoms with Crippen molar-refractivity contribution in [3.63, 3.8) is 0 Å². The molecule has 0 radical (unpaired) electrons. The van der Waals surface area contributed by atoms with Crippen LogP contribution in [0.1, 0.15) is 156 Å². The zero-order chi connectivity index (χ0) is 75.8. The SMILES string of the molecule is C.C.CC(=O)c1nc(-c2cccc(Cl)c2Cl)c(=O)[nH]c1N1CCC(C)(N)CC1.CC1(N)CCN(c2[nH]c(=O)c(-c3cccc(Cl)c3Cl)nc2CO)CC1.COc1ccc(COc2nc(N3CCC(C)(NC(=O)OC(C)(C)C)CC3)c(C(C)=O)nc2-c2cccc(Cl)c2Cl)cc1.O=CC(F)(F)F.[2H]CC. The standard InChI is InChI=1S/C31H36Cl2N4O5.C18H20Cl2N4O2.C17H20Cl2N4O2.C2HF3O.C2H6.2CH4/c1-19(38)25-27(37-16-14-31(5,15-17-37)36-29(39)42-30(2,3)4)35-28(41-18-20-10-12-21(40-6)13-11-20)26(34-25)22-8-7-9-23(32)24(22)33;1-10(25)14-16(24-8-6-18(2,21)7-9-24)23-17(26)15(22-14)11-4-3-5-12(19)13(11)20;1-17(20)5-7-23(8-6-17)15-12(9-24)21-14(16(25)22-15)10-3-2-4-11(18)13(10)19;3-2(4,5)1-6;1-2;;/h7-13H,14-18H2,1-6H3,(H,36,39);3-5H,6-9,21H2,1-2H3,(H,23,26);2-4,24H,5-9,20H2,1H3,(H,22,25);1H;1-2H3;2*1H4/i;;;;1D;;. The maximum absolute atomic E-state index is 12.9. The summed E-state index contributed by atoms with van der Waals surface area (Å²) in [7, 11) is 1.61. The molecule has 4 aromatic carbocycles. The van der Waals surface area contributed by atoms with Gasteiger partial charge in [0.1, 0.15) is 63.8 Å². The van der Waals surface area contributed by atoms with Crippen LogP contribution in [-0.2, 0) is 22.7 Å². The lowest BCUT2D eigenvalue weighted by Gasteiger charge is -2.40. The van der Waals surface area contributed by atoms with Crippen LogP contribution in [-0.4, -0.2) is 134 Å². The van der Waals surface area contributed by atoms with Crippen molar-refractivity contribution in [2.75, 3.05) is 61.1 Å². The molecule has 1 amide bonds. The molecular formula is C72H91Cl6F3N12O10. The minimum absolute atomic E-state index is 0. The zero-order valence-corrected chi connectivity index (χ0v) is 62.0. The number of aliphatic hydroxyl groups excluding tert-OH is 1. The topological polar surface area (TPSA) is 307 Å². The number of nitrogens with zero attached hydrogens (tertiary/aromatic N) is 7. The molecule has 7 aromatic rings. The Labute approximate surface area is 630 Å². The highest BCUT2D eigenvalue weighted by atomic mass is 35.5. The summed E-state index contributed by atoms with van der Waals surface area (Å²) in [4.78, 5) is 101. The smallest absolute Gasteiger partial charge is 0.446 e. The van der Waals surface area contributed by atoms with Gasteiger partial charge in [0.05, 0.1) is 43.9 Å². The highest BCUT2D eigenvalue weighted by Crippen LogP contribution is 2.41. The third kappa shape index (κ3) is 24.2. The number of aliphatic hydroxyl groups is 1. The summed E-state index contributed by atoms with van der Waals surface area (Å²) in [6.07, 6.45) is -1.84. The minimum atomic E-state index is -4.64. The van der Waals surface area contributed by atoms with Crippen molar-refractivity contribution in [1.29, 1.82) is 0 Å². The number of benzene rings is 4. The number of hydrogen-bond donors (Lipinski definition) is 6. The molecule has 3 fully saturated rings. The number of ether oxygens (including phenoxy) is 3. The number of carbonyl (C=O) groups excluding carboxylic acids is 4. The molecule has 3 aromatic heterocycles. The van der Waals surface area contributed by atoms with E-state index >= 15 is 0 Å².